The van der Waals surface area contributed by atoms with Gasteiger partial charge < -0.3 is 19.2 Å². The smallest absolute Gasteiger partial charge is 0.287 e. The number of fused-ring (bicyclic) bond motifs is 1. The molecule has 0 saturated heterocycles. The van der Waals surface area contributed by atoms with Crippen molar-refractivity contribution >= 4 is 28.5 Å². The van der Waals surface area contributed by atoms with Gasteiger partial charge in [0, 0.05) is 12.7 Å². The number of para-hydroxylation sites is 3. The fourth-order valence-corrected chi connectivity index (χ4v) is 3.13. The minimum atomic E-state index is -0.332. The van der Waals surface area contributed by atoms with E-state index in [0.717, 1.165) is 16.7 Å². The molecule has 0 aliphatic heterocycles. The Labute approximate surface area is 167 Å². The second-order valence-electron chi connectivity index (χ2n) is 6.55. The molecule has 0 spiro atoms. The van der Waals surface area contributed by atoms with E-state index < -0.39 is 0 Å². The predicted octanol–water partition coefficient (Wildman–Crippen LogP) is 3.22. The molecule has 2 heterocycles. The summed E-state index contributed by atoms with van der Waals surface area (Å²) in [4.78, 5) is 31.3. The van der Waals surface area contributed by atoms with E-state index in [4.69, 9.17) is 4.42 Å². The molecule has 2 aromatic heterocycles. The number of carbonyl (C=O) groups excluding carboxylic acids is 2. The minimum absolute atomic E-state index is 0.0852. The van der Waals surface area contributed by atoms with Gasteiger partial charge in [0.25, 0.3) is 5.91 Å². The van der Waals surface area contributed by atoms with Crippen molar-refractivity contribution in [3.63, 3.8) is 0 Å². The van der Waals surface area contributed by atoms with Crippen molar-refractivity contribution < 1.29 is 14.0 Å². The second kappa shape index (κ2) is 8.02. The first-order valence-corrected chi connectivity index (χ1v) is 9.21. The van der Waals surface area contributed by atoms with E-state index in [0.29, 0.717) is 5.82 Å². The van der Waals surface area contributed by atoms with Crippen LogP contribution in [0.5, 0.6) is 0 Å². The zero-order valence-electron chi connectivity index (χ0n) is 15.9. The van der Waals surface area contributed by atoms with Crippen molar-refractivity contribution in [2.75, 3.05) is 11.9 Å². The molecule has 0 aliphatic rings. The topological polar surface area (TPSA) is 80.4 Å². The summed E-state index contributed by atoms with van der Waals surface area (Å²) in [5.41, 5.74) is 2.42. The largest absolute Gasteiger partial charge is 0.459 e. The molecule has 2 aromatic carbocycles. The molecular weight excluding hydrogens is 368 g/mol. The summed E-state index contributed by atoms with van der Waals surface area (Å²) >= 11 is 0. The Bertz CT molecular complexity index is 1130. The molecule has 4 aromatic rings. The van der Waals surface area contributed by atoms with Gasteiger partial charge in [-0.25, -0.2) is 4.98 Å². The minimum Gasteiger partial charge on any atom is -0.459 e. The summed E-state index contributed by atoms with van der Waals surface area (Å²) < 4.78 is 6.95. The van der Waals surface area contributed by atoms with Crippen LogP contribution in [-0.2, 0) is 17.9 Å². The molecule has 146 valence electrons. The number of hydrogen-bond donors (Lipinski definition) is 1. The molecule has 7 heteroatoms. The molecule has 0 radical (unpaired) electrons. The zero-order valence-corrected chi connectivity index (χ0v) is 15.9. The molecule has 4 rings (SSSR count). The highest BCUT2D eigenvalue weighted by atomic mass is 16.3. The number of nitrogens with one attached hydrogen (secondary N) is 1. The monoisotopic (exact) mass is 388 g/mol. The maximum atomic E-state index is 12.9. The van der Waals surface area contributed by atoms with Crippen LogP contribution >= 0.6 is 0 Å². The molecule has 2 amide bonds. The number of carbonyl (C=O) groups is 2. The molecule has 0 saturated carbocycles. The second-order valence-corrected chi connectivity index (χ2v) is 6.55. The van der Waals surface area contributed by atoms with E-state index in [9.17, 15) is 9.59 Å². The van der Waals surface area contributed by atoms with E-state index in [1.807, 2.05) is 59.2 Å². The maximum Gasteiger partial charge on any atom is 0.287 e. The van der Waals surface area contributed by atoms with Gasteiger partial charge in [0.15, 0.2) is 5.76 Å². The number of anilines is 1. The average molecular weight is 388 g/mol. The van der Waals surface area contributed by atoms with E-state index in [1.54, 1.807) is 24.1 Å². The number of imidazole rings is 1. The lowest BCUT2D eigenvalue weighted by atomic mass is 10.3. The fourth-order valence-electron chi connectivity index (χ4n) is 3.13. The maximum absolute atomic E-state index is 12.9. The zero-order chi connectivity index (χ0) is 20.2. The Kier molecular flexibility index (Phi) is 5.11. The highest BCUT2D eigenvalue weighted by molar-refractivity contribution is 5.94. The number of nitrogens with zero attached hydrogens (tertiary/aromatic N) is 3. The SMILES string of the molecule is CN(C(=O)Cn1c(CNC(=O)c2ccco2)nc2ccccc21)c1ccccc1. The van der Waals surface area contributed by atoms with Crippen LogP contribution in [0, 0.1) is 0 Å². The van der Waals surface area contributed by atoms with Crippen LogP contribution in [0.3, 0.4) is 0 Å². The lowest BCUT2D eigenvalue weighted by Crippen LogP contribution is -2.31. The lowest BCUT2D eigenvalue weighted by molar-refractivity contribution is -0.118. The quantitative estimate of drug-likeness (QED) is 0.550. The van der Waals surface area contributed by atoms with Gasteiger partial charge >= 0.3 is 0 Å². The summed E-state index contributed by atoms with van der Waals surface area (Å²) in [5.74, 6) is 0.410. The van der Waals surface area contributed by atoms with Crippen molar-refractivity contribution in [1.82, 2.24) is 14.9 Å². The van der Waals surface area contributed by atoms with E-state index in [-0.39, 0.29) is 30.7 Å². The third-order valence-electron chi connectivity index (χ3n) is 4.70. The summed E-state index contributed by atoms with van der Waals surface area (Å²) in [6.45, 7) is 0.286. The standard InChI is InChI=1S/C22H20N4O3/c1-25(16-8-3-2-4-9-16)21(27)15-26-18-11-6-5-10-17(18)24-20(26)14-23-22(28)19-12-7-13-29-19/h2-13H,14-15H2,1H3,(H,23,28). The third kappa shape index (κ3) is 3.89. The normalized spacial score (nSPS) is 10.8. The summed E-state index contributed by atoms with van der Waals surface area (Å²) in [6.07, 6.45) is 1.45. The molecule has 0 atom stereocenters. The van der Waals surface area contributed by atoms with Gasteiger partial charge in [-0.2, -0.15) is 0 Å². The van der Waals surface area contributed by atoms with Crippen molar-refractivity contribution in [3.05, 3.63) is 84.6 Å². The molecule has 29 heavy (non-hydrogen) atoms. The summed E-state index contributed by atoms with van der Waals surface area (Å²) in [7, 11) is 1.75. The van der Waals surface area contributed by atoms with Gasteiger partial charge in [-0.15, -0.1) is 0 Å². The number of likely N-dealkylation sites (N-methyl/N-ethyl adjacent to an activating group) is 1. The van der Waals surface area contributed by atoms with Crippen molar-refractivity contribution in [3.8, 4) is 0 Å². The van der Waals surface area contributed by atoms with Crippen molar-refractivity contribution in [2.24, 2.45) is 0 Å². The number of hydrogen-bond acceptors (Lipinski definition) is 4. The molecule has 0 unspecified atom stereocenters. The Balaban J connectivity index is 1.58. The molecule has 0 aliphatic carbocycles. The number of benzene rings is 2. The highest BCUT2D eigenvalue weighted by Crippen LogP contribution is 2.18. The van der Waals surface area contributed by atoms with E-state index in [2.05, 4.69) is 10.3 Å². The highest BCUT2D eigenvalue weighted by Gasteiger charge is 2.18. The van der Waals surface area contributed by atoms with Crippen LogP contribution in [0.2, 0.25) is 0 Å². The van der Waals surface area contributed by atoms with Gasteiger partial charge in [-0.1, -0.05) is 30.3 Å². The van der Waals surface area contributed by atoms with E-state index in [1.165, 1.54) is 6.26 Å². The van der Waals surface area contributed by atoms with Crippen LogP contribution < -0.4 is 10.2 Å². The van der Waals surface area contributed by atoms with Crippen LogP contribution in [-0.4, -0.2) is 28.4 Å². The average Bonchev–Trinajstić information content (AvgIpc) is 3.41. The lowest BCUT2D eigenvalue weighted by Gasteiger charge is -2.18. The van der Waals surface area contributed by atoms with Gasteiger partial charge in [-0.3, -0.25) is 9.59 Å². The summed E-state index contributed by atoms with van der Waals surface area (Å²) in [6, 6.07) is 20.3. The molecule has 7 nitrogen and oxygen atoms in total. The van der Waals surface area contributed by atoms with Crippen molar-refractivity contribution in [2.45, 2.75) is 13.1 Å². The first-order chi connectivity index (χ1) is 14.1. The molecule has 0 bridgehead atoms. The molecule has 0 fully saturated rings. The number of amides is 2. The van der Waals surface area contributed by atoms with Crippen LogP contribution in [0.1, 0.15) is 16.4 Å². The Morgan fingerprint density at radius 2 is 1.79 bits per heavy atom. The third-order valence-corrected chi connectivity index (χ3v) is 4.70. The van der Waals surface area contributed by atoms with Gasteiger partial charge in [0.1, 0.15) is 12.4 Å². The first-order valence-electron chi connectivity index (χ1n) is 9.21. The van der Waals surface area contributed by atoms with Crippen molar-refractivity contribution in [1.29, 1.82) is 0 Å². The Morgan fingerprint density at radius 1 is 1.03 bits per heavy atom. The molecular formula is C22H20N4O3. The Hall–Kier alpha value is -3.87. The number of furan rings is 1. The number of rotatable bonds is 6. The van der Waals surface area contributed by atoms with Gasteiger partial charge in [0.2, 0.25) is 5.91 Å². The van der Waals surface area contributed by atoms with Gasteiger partial charge in [-0.05, 0) is 36.4 Å². The number of aromatic nitrogens is 2. The Morgan fingerprint density at radius 3 is 2.55 bits per heavy atom. The van der Waals surface area contributed by atoms with Gasteiger partial charge in [0.05, 0.1) is 23.8 Å². The first kappa shape index (κ1) is 18.5. The fraction of sp³-hybridized carbons (Fsp3) is 0.136. The van der Waals surface area contributed by atoms with Crippen LogP contribution in [0.4, 0.5) is 5.69 Å². The van der Waals surface area contributed by atoms with Crippen LogP contribution in [0.15, 0.2) is 77.4 Å². The summed E-state index contributed by atoms with van der Waals surface area (Å²) in [5, 5.41) is 2.80. The van der Waals surface area contributed by atoms with E-state index >= 15 is 0 Å². The molecule has 1 N–H and O–H groups in total. The van der Waals surface area contributed by atoms with Crippen LogP contribution in [0.25, 0.3) is 11.0 Å². The predicted molar refractivity (Wildman–Crippen MR) is 109 cm³/mol.